The fourth-order valence-corrected chi connectivity index (χ4v) is 1.99. The Labute approximate surface area is 127 Å². The number of amidine groups is 1. The third-order valence-electron chi connectivity index (χ3n) is 1.99. The first kappa shape index (κ1) is 16.2. The van der Waals surface area contributed by atoms with E-state index in [1.807, 2.05) is 0 Å². The predicted molar refractivity (Wildman–Crippen MR) is 84.3 cm³/mol. The Morgan fingerprint density at radius 1 is 1.65 bits per heavy atom. The molecule has 0 aliphatic heterocycles. The van der Waals surface area contributed by atoms with Gasteiger partial charge in [0.25, 0.3) is 5.69 Å². The number of thioether (sulfide) groups is 1. The van der Waals surface area contributed by atoms with Gasteiger partial charge >= 0.3 is 0 Å². The van der Waals surface area contributed by atoms with E-state index in [2.05, 4.69) is 32.7 Å². The minimum atomic E-state index is -0.570. The fraction of sp³-hybridized carbons (Fsp3) is 0.0909. The van der Waals surface area contributed by atoms with Crippen LogP contribution in [0.1, 0.15) is 5.56 Å². The molecule has 0 atom stereocenters. The summed E-state index contributed by atoms with van der Waals surface area (Å²) < 4.78 is 0.200. The number of nitrogens with zero attached hydrogens (tertiary/aromatic N) is 3. The number of aromatic hydroxyl groups is 1. The maximum Gasteiger partial charge on any atom is 0.271 e. The highest BCUT2D eigenvalue weighted by atomic mass is 79.9. The molecule has 0 fully saturated rings. The number of nitro benzene ring substituents is 1. The zero-order chi connectivity index (χ0) is 15.1. The van der Waals surface area contributed by atoms with E-state index in [-0.39, 0.29) is 26.6 Å². The van der Waals surface area contributed by atoms with E-state index in [0.717, 1.165) is 0 Å². The molecule has 0 saturated carbocycles. The number of hydrogen-bond donors (Lipinski definition) is 2. The summed E-state index contributed by atoms with van der Waals surface area (Å²) in [4.78, 5) is 10.1. The van der Waals surface area contributed by atoms with E-state index in [0.29, 0.717) is 5.75 Å². The highest BCUT2D eigenvalue weighted by molar-refractivity contribution is 9.10. The van der Waals surface area contributed by atoms with E-state index in [1.54, 1.807) is 6.08 Å². The minimum Gasteiger partial charge on any atom is -0.506 e. The molecule has 0 heterocycles. The van der Waals surface area contributed by atoms with Gasteiger partial charge in [-0.3, -0.25) is 10.1 Å². The average molecular weight is 359 g/mol. The summed E-state index contributed by atoms with van der Waals surface area (Å²) in [6, 6.07) is 2.39. The lowest BCUT2D eigenvalue weighted by atomic mass is 10.2. The molecule has 0 bridgehead atoms. The largest absolute Gasteiger partial charge is 0.506 e. The normalized spacial score (nSPS) is 11.8. The predicted octanol–water partition coefficient (Wildman–Crippen LogP) is 2.63. The van der Waals surface area contributed by atoms with Gasteiger partial charge in [0.2, 0.25) is 0 Å². The van der Waals surface area contributed by atoms with Crippen LogP contribution < -0.4 is 5.73 Å². The van der Waals surface area contributed by atoms with Crippen LogP contribution in [0, 0.1) is 10.1 Å². The summed E-state index contributed by atoms with van der Waals surface area (Å²) in [5.74, 6) is 0.435. The number of benzene rings is 1. The SMILES string of the molecule is C=CCS/C(N)=N/N=C\c1cc([N+](=O)[O-])cc(Br)c1O. The number of hydrogen-bond acceptors (Lipinski definition) is 6. The molecular weight excluding hydrogens is 348 g/mol. The summed E-state index contributed by atoms with van der Waals surface area (Å²) in [6.45, 7) is 3.54. The highest BCUT2D eigenvalue weighted by Gasteiger charge is 2.13. The van der Waals surface area contributed by atoms with Crippen molar-refractivity contribution < 1.29 is 10.0 Å². The van der Waals surface area contributed by atoms with Gasteiger partial charge in [0.1, 0.15) is 5.75 Å². The zero-order valence-electron chi connectivity index (χ0n) is 10.2. The first-order valence-corrected chi connectivity index (χ1v) is 7.00. The Balaban J connectivity index is 2.96. The lowest BCUT2D eigenvalue weighted by Gasteiger charge is -2.01. The smallest absolute Gasteiger partial charge is 0.271 e. The quantitative estimate of drug-likeness (QED) is 0.276. The molecule has 106 valence electrons. The van der Waals surface area contributed by atoms with Crippen LogP contribution in [0.5, 0.6) is 5.75 Å². The third kappa shape index (κ3) is 4.67. The number of nitro groups is 1. The van der Waals surface area contributed by atoms with Crippen LogP contribution in [0.15, 0.2) is 39.5 Å². The van der Waals surface area contributed by atoms with E-state index in [4.69, 9.17) is 5.73 Å². The summed E-state index contributed by atoms with van der Waals surface area (Å²) in [7, 11) is 0. The Hall–Kier alpha value is -1.87. The number of non-ortho nitro benzene ring substituents is 1. The average Bonchev–Trinajstić information content (AvgIpc) is 2.40. The van der Waals surface area contributed by atoms with Crippen molar-refractivity contribution in [3.8, 4) is 5.75 Å². The van der Waals surface area contributed by atoms with Gasteiger partial charge in [0.05, 0.1) is 15.6 Å². The second kappa shape index (κ2) is 7.65. The molecule has 20 heavy (non-hydrogen) atoms. The highest BCUT2D eigenvalue weighted by Crippen LogP contribution is 2.31. The zero-order valence-corrected chi connectivity index (χ0v) is 12.6. The van der Waals surface area contributed by atoms with Gasteiger partial charge in [-0.1, -0.05) is 17.8 Å². The third-order valence-corrected chi connectivity index (χ3v) is 3.37. The molecule has 3 N–H and O–H groups in total. The van der Waals surface area contributed by atoms with Crippen LogP contribution in [-0.2, 0) is 0 Å². The molecule has 1 aromatic carbocycles. The number of phenolic OH excluding ortho intramolecular Hbond substituents is 1. The van der Waals surface area contributed by atoms with E-state index in [1.165, 1.54) is 30.1 Å². The lowest BCUT2D eigenvalue weighted by Crippen LogP contribution is -2.05. The number of phenols is 1. The van der Waals surface area contributed by atoms with Gasteiger partial charge < -0.3 is 10.8 Å². The van der Waals surface area contributed by atoms with Gasteiger partial charge in [0, 0.05) is 23.4 Å². The van der Waals surface area contributed by atoms with E-state index in [9.17, 15) is 15.2 Å². The molecule has 1 aromatic rings. The first-order valence-electron chi connectivity index (χ1n) is 5.22. The van der Waals surface area contributed by atoms with Crippen LogP contribution in [0.4, 0.5) is 5.69 Å². The van der Waals surface area contributed by atoms with Crippen molar-refractivity contribution >= 4 is 44.8 Å². The maximum absolute atomic E-state index is 10.7. The van der Waals surface area contributed by atoms with Gasteiger partial charge in [-0.25, -0.2) is 0 Å². The second-order valence-electron chi connectivity index (χ2n) is 3.41. The van der Waals surface area contributed by atoms with Crippen molar-refractivity contribution in [2.75, 3.05) is 5.75 Å². The molecule has 0 radical (unpaired) electrons. The van der Waals surface area contributed by atoms with Crippen LogP contribution in [0.25, 0.3) is 0 Å². The molecule has 0 aliphatic carbocycles. The first-order chi connectivity index (χ1) is 9.45. The molecule has 7 nitrogen and oxygen atoms in total. The van der Waals surface area contributed by atoms with Crippen molar-refractivity contribution in [1.82, 2.24) is 0 Å². The molecule has 0 saturated heterocycles. The Morgan fingerprint density at radius 3 is 2.95 bits per heavy atom. The van der Waals surface area contributed by atoms with Gasteiger partial charge in [-0.15, -0.1) is 11.7 Å². The summed E-state index contributed by atoms with van der Waals surface area (Å²) in [5.41, 5.74) is 5.53. The number of rotatable bonds is 5. The van der Waals surface area contributed by atoms with Crippen molar-refractivity contribution in [2.24, 2.45) is 15.9 Å². The molecule has 0 amide bonds. The summed E-state index contributed by atoms with van der Waals surface area (Å²) >= 11 is 4.27. The van der Waals surface area contributed by atoms with Crippen molar-refractivity contribution in [1.29, 1.82) is 0 Å². The Kier molecular flexibility index (Phi) is 6.19. The molecule has 1 rings (SSSR count). The van der Waals surface area contributed by atoms with Crippen LogP contribution in [0.2, 0.25) is 0 Å². The van der Waals surface area contributed by atoms with Gasteiger partial charge in [-0.2, -0.15) is 5.10 Å². The van der Waals surface area contributed by atoms with Gasteiger partial charge in [-0.05, 0) is 15.9 Å². The summed E-state index contributed by atoms with van der Waals surface area (Å²) in [6.07, 6.45) is 2.86. The van der Waals surface area contributed by atoms with Gasteiger partial charge in [0.15, 0.2) is 5.17 Å². The van der Waals surface area contributed by atoms with Crippen molar-refractivity contribution in [2.45, 2.75) is 0 Å². The molecule has 0 aliphatic rings. The lowest BCUT2D eigenvalue weighted by molar-refractivity contribution is -0.385. The van der Waals surface area contributed by atoms with Crippen molar-refractivity contribution in [3.05, 3.63) is 44.9 Å². The van der Waals surface area contributed by atoms with Crippen LogP contribution in [-0.4, -0.2) is 27.2 Å². The Morgan fingerprint density at radius 2 is 2.35 bits per heavy atom. The minimum absolute atomic E-state index is 0.160. The number of halogens is 1. The van der Waals surface area contributed by atoms with E-state index >= 15 is 0 Å². The van der Waals surface area contributed by atoms with Crippen LogP contribution >= 0.6 is 27.7 Å². The maximum atomic E-state index is 10.7. The van der Waals surface area contributed by atoms with Crippen LogP contribution in [0.3, 0.4) is 0 Å². The standard InChI is InChI=1S/C11H11BrN4O3S/c1-2-3-20-11(13)15-14-6-7-4-8(16(18)19)5-9(12)10(7)17/h2,4-6,17H,1,3H2,(H2,13,15)/b14-6-. The Bertz CT molecular complexity index is 589. The molecule has 0 unspecified atom stereocenters. The summed E-state index contributed by atoms with van der Waals surface area (Å²) in [5, 5.41) is 28.1. The number of nitrogens with two attached hydrogens (primary N) is 1. The fourth-order valence-electron chi connectivity index (χ4n) is 1.13. The molecule has 0 spiro atoms. The molecule has 0 aromatic heterocycles. The second-order valence-corrected chi connectivity index (χ2v) is 5.30. The monoisotopic (exact) mass is 358 g/mol. The van der Waals surface area contributed by atoms with Crippen molar-refractivity contribution in [3.63, 3.8) is 0 Å². The topological polar surface area (TPSA) is 114 Å². The van der Waals surface area contributed by atoms with E-state index < -0.39 is 4.92 Å². The molecular formula is C11H11BrN4O3S. The molecule has 9 heteroatoms.